The number of pyridine rings is 1. The fourth-order valence-corrected chi connectivity index (χ4v) is 0.625. The number of aliphatic hydroxyl groups is 1. The minimum absolute atomic E-state index is 0. The molecule has 0 spiro atoms. The maximum absolute atomic E-state index is 8.62. The molecular formula is C7H9NNaO2. The summed E-state index contributed by atoms with van der Waals surface area (Å²) in [5.41, 5.74) is 0.792. The molecule has 0 fully saturated rings. The van der Waals surface area contributed by atoms with Crippen LogP contribution in [0.2, 0.25) is 0 Å². The second kappa shape index (κ2) is 5.55. The summed E-state index contributed by atoms with van der Waals surface area (Å²) >= 11 is 0. The van der Waals surface area contributed by atoms with Crippen LogP contribution in [0.15, 0.2) is 18.3 Å². The van der Waals surface area contributed by atoms with Crippen molar-refractivity contribution in [1.29, 1.82) is 0 Å². The Kier molecular flexibility index (Phi) is 5.50. The summed E-state index contributed by atoms with van der Waals surface area (Å²) in [4.78, 5) is 3.89. The average molecular weight is 162 g/mol. The smallest absolute Gasteiger partial charge is 0.212 e. The van der Waals surface area contributed by atoms with Gasteiger partial charge in [-0.3, -0.25) is 0 Å². The number of ether oxygens (including phenoxy) is 1. The van der Waals surface area contributed by atoms with E-state index in [9.17, 15) is 0 Å². The molecule has 11 heavy (non-hydrogen) atoms. The zero-order chi connectivity index (χ0) is 7.40. The number of methoxy groups -OCH3 is 1. The Morgan fingerprint density at radius 1 is 1.55 bits per heavy atom. The molecule has 1 aromatic rings. The van der Waals surface area contributed by atoms with Gasteiger partial charge in [0.1, 0.15) is 0 Å². The summed E-state index contributed by atoms with van der Waals surface area (Å²) in [6.07, 6.45) is 1.58. The number of rotatable bonds is 2. The summed E-state index contributed by atoms with van der Waals surface area (Å²) in [5.74, 6) is 0.567. The van der Waals surface area contributed by atoms with Crippen LogP contribution in [0, 0.1) is 0 Å². The average Bonchev–Trinajstić information content (AvgIpc) is 2.05. The predicted octanol–water partition coefficient (Wildman–Crippen LogP) is 0.202. The van der Waals surface area contributed by atoms with Gasteiger partial charge in [-0.1, -0.05) is 0 Å². The first kappa shape index (κ1) is 10.9. The molecule has 1 N–H and O–H groups in total. The Bertz CT molecular complexity index is 177. The van der Waals surface area contributed by atoms with E-state index in [0.29, 0.717) is 5.88 Å². The van der Waals surface area contributed by atoms with Crippen molar-refractivity contribution in [3.05, 3.63) is 23.9 Å². The van der Waals surface area contributed by atoms with Crippen molar-refractivity contribution in [2.45, 2.75) is 6.61 Å². The van der Waals surface area contributed by atoms with E-state index in [1.807, 2.05) is 0 Å². The van der Waals surface area contributed by atoms with Crippen LogP contribution in [-0.2, 0) is 6.61 Å². The topological polar surface area (TPSA) is 42.4 Å². The third-order valence-electron chi connectivity index (χ3n) is 1.19. The Morgan fingerprint density at radius 2 is 2.27 bits per heavy atom. The first-order chi connectivity index (χ1) is 4.86. The summed E-state index contributed by atoms with van der Waals surface area (Å²) in [7, 11) is 1.56. The number of aliphatic hydroxyl groups excluding tert-OH is 1. The van der Waals surface area contributed by atoms with E-state index in [0.717, 1.165) is 5.56 Å². The molecule has 0 atom stereocenters. The first-order valence-electron chi connectivity index (χ1n) is 2.96. The molecule has 4 heteroatoms. The Hall–Kier alpha value is -0.0900. The maximum Gasteiger partial charge on any atom is 0.212 e. The number of nitrogens with zero attached hydrogens (tertiary/aromatic N) is 1. The Balaban J connectivity index is 0.000001000. The molecule has 1 heterocycles. The van der Waals surface area contributed by atoms with Gasteiger partial charge in [0, 0.05) is 41.8 Å². The van der Waals surface area contributed by atoms with Crippen molar-refractivity contribution in [3.63, 3.8) is 0 Å². The van der Waals surface area contributed by atoms with E-state index in [1.54, 1.807) is 25.4 Å². The molecule has 1 rings (SSSR count). The van der Waals surface area contributed by atoms with Gasteiger partial charge in [0.15, 0.2) is 0 Å². The number of aromatic nitrogens is 1. The molecule has 1 radical (unpaired) electrons. The predicted molar refractivity (Wildman–Crippen MR) is 42.5 cm³/mol. The third kappa shape index (κ3) is 3.20. The number of hydrogen-bond acceptors (Lipinski definition) is 3. The fraction of sp³-hybridized carbons (Fsp3) is 0.286. The molecule has 0 amide bonds. The van der Waals surface area contributed by atoms with Gasteiger partial charge < -0.3 is 9.84 Å². The molecule has 0 aliphatic rings. The first-order valence-corrected chi connectivity index (χ1v) is 2.96. The van der Waals surface area contributed by atoms with Gasteiger partial charge in [0.25, 0.3) is 0 Å². The van der Waals surface area contributed by atoms with E-state index in [4.69, 9.17) is 9.84 Å². The van der Waals surface area contributed by atoms with Crippen LogP contribution in [0.1, 0.15) is 5.56 Å². The van der Waals surface area contributed by atoms with Gasteiger partial charge in [-0.2, -0.15) is 0 Å². The van der Waals surface area contributed by atoms with Gasteiger partial charge in [0.2, 0.25) is 5.88 Å². The molecule has 0 aromatic carbocycles. The van der Waals surface area contributed by atoms with Crippen LogP contribution in [-0.4, -0.2) is 46.8 Å². The molecule has 55 valence electrons. The van der Waals surface area contributed by atoms with E-state index < -0.39 is 0 Å². The second-order valence-electron chi connectivity index (χ2n) is 1.87. The van der Waals surface area contributed by atoms with Gasteiger partial charge in [0.05, 0.1) is 13.7 Å². The van der Waals surface area contributed by atoms with Crippen molar-refractivity contribution in [2.24, 2.45) is 0 Å². The van der Waals surface area contributed by atoms with Crippen LogP contribution in [0.3, 0.4) is 0 Å². The molecular weight excluding hydrogens is 153 g/mol. The van der Waals surface area contributed by atoms with Crippen molar-refractivity contribution >= 4 is 29.6 Å². The quantitative estimate of drug-likeness (QED) is 0.632. The molecule has 0 unspecified atom stereocenters. The van der Waals surface area contributed by atoms with Crippen molar-refractivity contribution < 1.29 is 9.84 Å². The van der Waals surface area contributed by atoms with Crippen molar-refractivity contribution in [3.8, 4) is 5.88 Å². The van der Waals surface area contributed by atoms with E-state index >= 15 is 0 Å². The van der Waals surface area contributed by atoms with Crippen molar-refractivity contribution in [1.82, 2.24) is 4.98 Å². The largest absolute Gasteiger partial charge is 0.481 e. The Labute approximate surface area is 87.7 Å². The molecule has 3 nitrogen and oxygen atoms in total. The molecule has 0 aliphatic carbocycles. The van der Waals surface area contributed by atoms with Gasteiger partial charge >= 0.3 is 0 Å². The summed E-state index contributed by atoms with van der Waals surface area (Å²) in [5, 5.41) is 8.62. The minimum atomic E-state index is 0. The van der Waals surface area contributed by atoms with E-state index in [2.05, 4.69) is 4.98 Å². The molecule has 0 saturated carbocycles. The summed E-state index contributed by atoms with van der Waals surface area (Å²) < 4.78 is 4.82. The summed E-state index contributed by atoms with van der Waals surface area (Å²) in [6, 6.07) is 3.48. The zero-order valence-electron chi connectivity index (χ0n) is 6.74. The molecule has 1 aromatic heterocycles. The SMILES string of the molecule is COc1ccc(CO)cn1.[Na]. The van der Waals surface area contributed by atoms with Gasteiger partial charge in [-0.15, -0.1) is 0 Å². The number of hydrogen-bond donors (Lipinski definition) is 1. The standard InChI is InChI=1S/C7H9NO2.Na/c1-10-7-3-2-6(5-9)4-8-7;/h2-4,9H,5H2,1H3;. The normalized spacial score (nSPS) is 8.55. The minimum Gasteiger partial charge on any atom is -0.481 e. The van der Waals surface area contributed by atoms with Crippen LogP contribution < -0.4 is 4.74 Å². The monoisotopic (exact) mass is 162 g/mol. The second-order valence-corrected chi connectivity index (χ2v) is 1.87. The van der Waals surface area contributed by atoms with Crippen LogP contribution >= 0.6 is 0 Å². The van der Waals surface area contributed by atoms with Crippen LogP contribution in [0.4, 0.5) is 0 Å². The van der Waals surface area contributed by atoms with Gasteiger partial charge in [-0.05, 0) is 11.6 Å². The van der Waals surface area contributed by atoms with Crippen LogP contribution in [0.5, 0.6) is 5.88 Å². The Morgan fingerprint density at radius 3 is 2.64 bits per heavy atom. The third-order valence-corrected chi connectivity index (χ3v) is 1.19. The molecule has 0 saturated heterocycles. The van der Waals surface area contributed by atoms with E-state index in [1.165, 1.54) is 0 Å². The zero-order valence-corrected chi connectivity index (χ0v) is 8.74. The van der Waals surface area contributed by atoms with E-state index in [-0.39, 0.29) is 36.2 Å². The van der Waals surface area contributed by atoms with Crippen LogP contribution in [0.25, 0.3) is 0 Å². The van der Waals surface area contributed by atoms with Gasteiger partial charge in [-0.25, -0.2) is 4.98 Å². The van der Waals surface area contributed by atoms with Crippen molar-refractivity contribution in [2.75, 3.05) is 7.11 Å². The maximum atomic E-state index is 8.62. The fourth-order valence-electron chi connectivity index (χ4n) is 0.625. The summed E-state index contributed by atoms with van der Waals surface area (Å²) in [6.45, 7) is 0.0248. The molecule has 0 aliphatic heterocycles. The molecule has 0 bridgehead atoms.